The first kappa shape index (κ1) is 8.96. The van der Waals surface area contributed by atoms with Crippen molar-refractivity contribution >= 4 is 22.1 Å². The molecular formula is C9H10BrP. The highest BCUT2D eigenvalue weighted by molar-refractivity contribution is 9.39. The van der Waals surface area contributed by atoms with Gasteiger partial charge in [0.2, 0.25) is 0 Å². The minimum absolute atomic E-state index is 0.178. The van der Waals surface area contributed by atoms with Crippen molar-refractivity contribution in [2.75, 3.05) is 0 Å². The lowest BCUT2D eigenvalue weighted by atomic mass is 10.2. The molecule has 0 aliphatic heterocycles. The van der Waals surface area contributed by atoms with E-state index in [-0.39, 0.29) is 6.62 Å². The van der Waals surface area contributed by atoms with Crippen LogP contribution in [0.5, 0.6) is 0 Å². The summed E-state index contributed by atoms with van der Waals surface area (Å²) in [7, 11) is 0. The van der Waals surface area contributed by atoms with Crippen LogP contribution < -0.4 is 0 Å². The van der Waals surface area contributed by atoms with E-state index >= 15 is 0 Å². The van der Waals surface area contributed by atoms with E-state index < -0.39 is 0 Å². The Morgan fingerprint density at radius 3 is 2.55 bits per heavy atom. The Labute approximate surface area is 76.8 Å². The van der Waals surface area contributed by atoms with Gasteiger partial charge in [0.05, 0.1) is 0 Å². The lowest BCUT2D eigenvalue weighted by molar-refractivity contribution is 1.41. The first-order chi connectivity index (χ1) is 5.33. The summed E-state index contributed by atoms with van der Waals surface area (Å²) in [6.45, 7) is 3.56. The van der Waals surface area contributed by atoms with Gasteiger partial charge in [0.15, 0.2) is 0 Å². The maximum Gasteiger partial charge on any atom is 0.00603 e. The highest BCUT2D eigenvalue weighted by atomic mass is 79.9. The summed E-state index contributed by atoms with van der Waals surface area (Å²) in [4.78, 5) is 0. The summed E-state index contributed by atoms with van der Waals surface area (Å²) in [5.41, 5.74) is 1.37. The molecule has 1 aromatic rings. The van der Waals surface area contributed by atoms with Gasteiger partial charge in [-0.1, -0.05) is 58.2 Å². The third kappa shape index (κ3) is 3.18. The third-order valence-corrected chi connectivity index (χ3v) is 4.06. The molecule has 0 spiro atoms. The van der Waals surface area contributed by atoms with Gasteiger partial charge < -0.3 is 0 Å². The molecule has 0 aromatic heterocycles. The van der Waals surface area contributed by atoms with E-state index in [4.69, 9.17) is 0 Å². The molecule has 0 N–H and O–H groups in total. The van der Waals surface area contributed by atoms with Gasteiger partial charge in [0.1, 0.15) is 0 Å². The van der Waals surface area contributed by atoms with Gasteiger partial charge >= 0.3 is 0 Å². The Hall–Kier alpha value is -0.130. The van der Waals surface area contributed by atoms with Crippen molar-refractivity contribution in [1.29, 1.82) is 0 Å². The lowest BCUT2D eigenvalue weighted by Crippen LogP contribution is -1.76. The van der Waals surface area contributed by atoms with Crippen LogP contribution in [-0.2, 0) is 6.16 Å². The molecule has 11 heavy (non-hydrogen) atoms. The topological polar surface area (TPSA) is 0 Å². The fourth-order valence-electron chi connectivity index (χ4n) is 0.822. The van der Waals surface area contributed by atoms with Crippen molar-refractivity contribution in [3.05, 3.63) is 48.3 Å². The Morgan fingerprint density at radius 2 is 2.00 bits per heavy atom. The molecule has 0 saturated heterocycles. The van der Waals surface area contributed by atoms with Gasteiger partial charge in [0.25, 0.3) is 0 Å². The molecule has 1 unspecified atom stereocenters. The quantitative estimate of drug-likeness (QED) is 0.683. The predicted molar refractivity (Wildman–Crippen MR) is 56.2 cm³/mol. The number of rotatable bonds is 3. The number of benzene rings is 1. The van der Waals surface area contributed by atoms with Crippen molar-refractivity contribution in [1.82, 2.24) is 0 Å². The molecule has 58 valence electrons. The van der Waals surface area contributed by atoms with E-state index in [1.54, 1.807) is 0 Å². The van der Waals surface area contributed by atoms with Crippen LogP contribution in [-0.4, -0.2) is 0 Å². The average Bonchev–Trinajstić information content (AvgIpc) is 2.06. The van der Waals surface area contributed by atoms with Crippen LogP contribution in [0.1, 0.15) is 5.56 Å². The second-order valence-electron chi connectivity index (χ2n) is 2.23. The Balaban J connectivity index is 2.57. The van der Waals surface area contributed by atoms with Gasteiger partial charge in [-0.15, -0.1) is 0 Å². The lowest BCUT2D eigenvalue weighted by Gasteiger charge is -2.02. The molecule has 0 bridgehead atoms. The number of hydrogen-bond acceptors (Lipinski definition) is 0. The molecule has 0 amide bonds. The fourth-order valence-corrected chi connectivity index (χ4v) is 2.38. The summed E-state index contributed by atoms with van der Waals surface area (Å²) in [5, 5.41) is 0. The SMILES string of the molecule is C=CP(Br)Cc1ccccc1. The van der Waals surface area contributed by atoms with Crippen molar-refractivity contribution in [3.8, 4) is 0 Å². The van der Waals surface area contributed by atoms with E-state index in [1.165, 1.54) is 5.56 Å². The van der Waals surface area contributed by atoms with Gasteiger partial charge in [-0.2, -0.15) is 0 Å². The molecule has 2 heteroatoms. The highest BCUT2D eigenvalue weighted by Crippen LogP contribution is 2.48. The minimum atomic E-state index is -0.178. The van der Waals surface area contributed by atoms with Crippen LogP contribution in [0.25, 0.3) is 0 Å². The molecule has 0 aliphatic rings. The van der Waals surface area contributed by atoms with Crippen molar-refractivity contribution < 1.29 is 0 Å². The van der Waals surface area contributed by atoms with Crippen LogP contribution in [0.4, 0.5) is 0 Å². The van der Waals surface area contributed by atoms with Gasteiger partial charge in [-0.3, -0.25) is 0 Å². The maximum atomic E-state index is 3.74. The van der Waals surface area contributed by atoms with Crippen LogP contribution in [0.15, 0.2) is 42.7 Å². The molecule has 0 radical (unpaired) electrons. The Morgan fingerprint density at radius 1 is 1.36 bits per heavy atom. The van der Waals surface area contributed by atoms with Crippen LogP contribution in [0.3, 0.4) is 0 Å². The zero-order valence-corrected chi connectivity index (χ0v) is 8.68. The van der Waals surface area contributed by atoms with Crippen LogP contribution in [0, 0.1) is 0 Å². The molecule has 0 fully saturated rings. The predicted octanol–water partition coefficient (Wildman–Crippen LogP) is 4.12. The number of hydrogen-bond donors (Lipinski definition) is 0. The summed E-state index contributed by atoms with van der Waals surface area (Å²) in [6, 6.07) is 10.4. The van der Waals surface area contributed by atoms with E-state index in [1.807, 2.05) is 11.9 Å². The highest BCUT2D eigenvalue weighted by Gasteiger charge is 1.97. The monoisotopic (exact) mass is 228 g/mol. The molecule has 1 atom stereocenters. The molecular weight excluding hydrogens is 219 g/mol. The molecule has 0 nitrogen and oxygen atoms in total. The van der Waals surface area contributed by atoms with E-state index in [9.17, 15) is 0 Å². The second-order valence-corrected chi connectivity index (χ2v) is 6.44. The molecule has 0 aliphatic carbocycles. The zero-order valence-electron chi connectivity index (χ0n) is 6.20. The minimum Gasteiger partial charge on any atom is -0.0978 e. The van der Waals surface area contributed by atoms with E-state index in [0.29, 0.717) is 0 Å². The van der Waals surface area contributed by atoms with Gasteiger partial charge in [-0.05, 0) is 12.2 Å². The molecule has 1 rings (SSSR count). The maximum absolute atomic E-state index is 3.74. The summed E-state index contributed by atoms with van der Waals surface area (Å²) < 4.78 is 0. The molecule has 0 saturated carbocycles. The first-order valence-electron chi connectivity index (χ1n) is 3.42. The van der Waals surface area contributed by atoms with Gasteiger partial charge in [0, 0.05) is 6.16 Å². The van der Waals surface area contributed by atoms with Crippen molar-refractivity contribution in [3.63, 3.8) is 0 Å². The number of halogens is 1. The van der Waals surface area contributed by atoms with E-state index in [2.05, 4.69) is 46.3 Å². The summed E-state index contributed by atoms with van der Waals surface area (Å²) in [5.74, 6) is 1.97. The molecule has 0 heterocycles. The van der Waals surface area contributed by atoms with Crippen LogP contribution >= 0.6 is 22.1 Å². The summed E-state index contributed by atoms with van der Waals surface area (Å²) >= 11 is 3.56. The van der Waals surface area contributed by atoms with Crippen molar-refractivity contribution in [2.45, 2.75) is 6.16 Å². The zero-order chi connectivity index (χ0) is 8.10. The van der Waals surface area contributed by atoms with Crippen LogP contribution in [0.2, 0.25) is 0 Å². The second kappa shape index (κ2) is 4.69. The van der Waals surface area contributed by atoms with E-state index in [0.717, 1.165) is 6.16 Å². The Bertz CT molecular complexity index is 220. The largest absolute Gasteiger partial charge is 0.0978 e. The fraction of sp³-hybridized carbons (Fsp3) is 0.111. The first-order valence-corrected chi connectivity index (χ1v) is 7.03. The summed E-state index contributed by atoms with van der Waals surface area (Å²) in [6.07, 6.45) is 1.08. The molecule has 1 aromatic carbocycles. The Kier molecular flexibility index (Phi) is 3.82. The van der Waals surface area contributed by atoms with Gasteiger partial charge in [-0.25, -0.2) is 0 Å². The third-order valence-electron chi connectivity index (χ3n) is 1.37. The van der Waals surface area contributed by atoms with Crippen molar-refractivity contribution in [2.24, 2.45) is 0 Å². The smallest absolute Gasteiger partial charge is 0.00603 e. The normalized spacial score (nSPS) is 12.5. The average molecular weight is 229 g/mol. The standard InChI is InChI=1S/C9H10BrP/c1-2-11(10)8-9-6-4-3-5-7-9/h2-7H,1,8H2.